The van der Waals surface area contributed by atoms with E-state index < -0.39 is 0 Å². The Morgan fingerprint density at radius 2 is 1.75 bits per heavy atom. The molecule has 0 saturated carbocycles. The number of nitrogens with zero attached hydrogens (tertiary/aromatic N) is 4. The molecule has 0 aliphatic heterocycles. The molecule has 0 amide bonds. The highest BCUT2D eigenvalue weighted by Gasteiger charge is 2.09. The van der Waals surface area contributed by atoms with Gasteiger partial charge in [-0.1, -0.05) is 24.3 Å². The van der Waals surface area contributed by atoms with Crippen molar-refractivity contribution >= 4 is 10.9 Å². The summed E-state index contributed by atoms with van der Waals surface area (Å²) in [5.41, 5.74) is 3.38. The Bertz CT molecular complexity index is 1010. The van der Waals surface area contributed by atoms with Crippen molar-refractivity contribution in [2.24, 2.45) is 0 Å². The van der Waals surface area contributed by atoms with E-state index in [0.29, 0.717) is 0 Å². The van der Waals surface area contributed by atoms with Crippen molar-refractivity contribution in [3.8, 4) is 0 Å². The molecule has 2 aromatic carbocycles. The lowest BCUT2D eigenvalue weighted by molar-refractivity contribution is 0.248. The van der Waals surface area contributed by atoms with Crippen LogP contribution < -0.4 is 0 Å². The third-order valence-corrected chi connectivity index (χ3v) is 4.84. The Morgan fingerprint density at radius 3 is 2.57 bits per heavy atom. The number of imidazole rings is 1. The van der Waals surface area contributed by atoms with Crippen LogP contribution in [0.4, 0.5) is 4.39 Å². The second-order valence-corrected chi connectivity index (χ2v) is 7.02. The van der Waals surface area contributed by atoms with E-state index in [2.05, 4.69) is 43.7 Å². The van der Waals surface area contributed by atoms with Gasteiger partial charge in [0.1, 0.15) is 5.82 Å². The lowest BCUT2D eigenvalue weighted by atomic mass is 10.1. The smallest absolute Gasteiger partial charge is 0.123 e. The number of pyridine rings is 1. The van der Waals surface area contributed by atoms with Crippen LogP contribution in [0.2, 0.25) is 0 Å². The minimum Gasteiger partial charge on any atom is -0.337 e. The van der Waals surface area contributed by atoms with E-state index in [1.807, 2.05) is 36.9 Å². The molecule has 4 nitrogen and oxygen atoms in total. The molecule has 4 rings (SSSR count). The molecular weight excluding hydrogens is 351 g/mol. The van der Waals surface area contributed by atoms with Gasteiger partial charge in [0, 0.05) is 50.2 Å². The SMILES string of the molecule is Fc1ccc(CN(CCCn2ccnc2)Cc2ccc3ncccc3c2)cc1. The highest BCUT2D eigenvalue weighted by molar-refractivity contribution is 5.78. The number of rotatable bonds is 8. The quantitative estimate of drug-likeness (QED) is 0.450. The number of hydrogen-bond acceptors (Lipinski definition) is 3. The van der Waals surface area contributed by atoms with Crippen molar-refractivity contribution < 1.29 is 4.39 Å². The Kier molecular flexibility index (Phi) is 5.73. The normalized spacial score (nSPS) is 11.4. The first-order chi connectivity index (χ1) is 13.8. The van der Waals surface area contributed by atoms with Crippen molar-refractivity contribution in [3.05, 3.63) is 96.5 Å². The fourth-order valence-corrected chi connectivity index (χ4v) is 3.44. The minimum atomic E-state index is -0.197. The van der Waals surface area contributed by atoms with E-state index in [4.69, 9.17) is 0 Å². The minimum absolute atomic E-state index is 0.197. The van der Waals surface area contributed by atoms with E-state index in [0.717, 1.165) is 49.1 Å². The molecule has 0 aliphatic rings. The van der Waals surface area contributed by atoms with Crippen LogP contribution in [0, 0.1) is 5.82 Å². The number of fused-ring (bicyclic) bond motifs is 1. The van der Waals surface area contributed by atoms with Gasteiger partial charge in [-0.25, -0.2) is 9.37 Å². The maximum absolute atomic E-state index is 13.3. The van der Waals surface area contributed by atoms with E-state index in [1.165, 1.54) is 17.7 Å². The zero-order valence-electron chi connectivity index (χ0n) is 15.7. The summed E-state index contributed by atoms with van der Waals surface area (Å²) in [5.74, 6) is -0.197. The molecule has 0 atom stereocenters. The first kappa shape index (κ1) is 18.3. The number of halogens is 1. The molecule has 0 fully saturated rings. The van der Waals surface area contributed by atoms with E-state index in [-0.39, 0.29) is 5.82 Å². The molecule has 0 radical (unpaired) electrons. The molecule has 0 N–H and O–H groups in total. The summed E-state index contributed by atoms with van der Waals surface area (Å²) in [6.45, 7) is 3.50. The summed E-state index contributed by atoms with van der Waals surface area (Å²) < 4.78 is 15.3. The van der Waals surface area contributed by atoms with Crippen LogP contribution in [0.1, 0.15) is 17.5 Å². The molecule has 28 heavy (non-hydrogen) atoms. The van der Waals surface area contributed by atoms with E-state index >= 15 is 0 Å². The first-order valence-corrected chi connectivity index (χ1v) is 9.52. The van der Waals surface area contributed by atoms with E-state index in [9.17, 15) is 4.39 Å². The van der Waals surface area contributed by atoms with Crippen molar-refractivity contribution in [3.63, 3.8) is 0 Å². The fourth-order valence-electron chi connectivity index (χ4n) is 3.44. The predicted octanol–water partition coefficient (Wildman–Crippen LogP) is 4.66. The first-order valence-electron chi connectivity index (χ1n) is 9.52. The summed E-state index contributed by atoms with van der Waals surface area (Å²) in [5, 5.41) is 1.15. The highest BCUT2D eigenvalue weighted by atomic mass is 19.1. The topological polar surface area (TPSA) is 34.0 Å². The van der Waals surface area contributed by atoms with Crippen LogP contribution in [0.5, 0.6) is 0 Å². The molecule has 4 aromatic rings. The summed E-state index contributed by atoms with van der Waals surface area (Å²) >= 11 is 0. The molecule has 5 heteroatoms. The molecule has 0 aliphatic carbocycles. The van der Waals surface area contributed by atoms with Gasteiger partial charge < -0.3 is 4.57 Å². The summed E-state index contributed by atoms with van der Waals surface area (Å²) in [4.78, 5) is 10.9. The van der Waals surface area contributed by atoms with Crippen molar-refractivity contribution in [1.29, 1.82) is 0 Å². The number of hydrogen-bond donors (Lipinski definition) is 0. The maximum atomic E-state index is 13.3. The molecular formula is C23H23FN4. The van der Waals surface area contributed by atoms with Gasteiger partial charge in [0.05, 0.1) is 11.8 Å². The summed E-state index contributed by atoms with van der Waals surface area (Å²) in [7, 11) is 0. The molecule has 2 heterocycles. The van der Waals surface area contributed by atoms with Crippen molar-refractivity contribution in [1.82, 2.24) is 19.4 Å². The van der Waals surface area contributed by atoms with Gasteiger partial charge in [-0.05, 0) is 47.9 Å². The molecule has 0 bridgehead atoms. The van der Waals surface area contributed by atoms with Gasteiger partial charge in [-0.15, -0.1) is 0 Å². The van der Waals surface area contributed by atoms with Crippen LogP contribution in [0.15, 0.2) is 79.5 Å². The number of aromatic nitrogens is 3. The number of benzene rings is 2. The van der Waals surface area contributed by atoms with Crippen LogP contribution in [0.25, 0.3) is 10.9 Å². The monoisotopic (exact) mass is 374 g/mol. The second kappa shape index (κ2) is 8.76. The van der Waals surface area contributed by atoms with Gasteiger partial charge >= 0.3 is 0 Å². The fraction of sp³-hybridized carbons (Fsp3) is 0.217. The Balaban J connectivity index is 1.47. The number of aryl methyl sites for hydroxylation is 1. The van der Waals surface area contributed by atoms with Gasteiger partial charge in [-0.2, -0.15) is 0 Å². The van der Waals surface area contributed by atoms with Gasteiger partial charge in [0.15, 0.2) is 0 Å². The predicted molar refractivity (Wildman–Crippen MR) is 109 cm³/mol. The van der Waals surface area contributed by atoms with Crippen molar-refractivity contribution in [2.75, 3.05) is 6.54 Å². The molecule has 0 spiro atoms. The van der Waals surface area contributed by atoms with Gasteiger partial charge in [-0.3, -0.25) is 9.88 Å². The lowest BCUT2D eigenvalue weighted by Crippen LogP contribution is -2.25. The molecule has 2 aromatic heterocycles. The Morgan fingerprint density at radius 1 is 0.929 bits per heavy atom. The summed E-state index contributed by atoms with van der Waals surface area (Å²) in [6.07, 6.45) is 8.48. The second-order valence-electron chi connectivity index (χ2n) is 7.02. The Hall–Kier alpha value is -3.05. The molecule has 0 unspecified atom stereocenters. The largest absolute Gasteiger partial charge is 0.337 e. The van der Waals surface area contributed by atoms with Gasteiger partial charge in [0.2, 0.25) is 0 Å². The Labute approximate surface area is 164 Å². The summed E-state index contributed by atoms with van der Waals surface area (Å²) in [6, 6.07) is 17.3. The standard InChI is InChI=1S/C23H23FN4/c24-22-7-4-19(5-8-22)16-28(13-2-12-27-14-11-25-18-27)17-20-6-9-23-21(15-20)3-1-10-26-23/h1,3-11,14-15,18H,2,12-13,16-17H2. The van der Waals surface area contributed by atoms with Crippen LogP contribution >= 0.6 is 0 Å². The van der Waals surface area contributed by atoms with Crippen LogP contribution in [-0.4, -0.2) is 26.0 Å². The average molecular weight is 374 g/mol. The third-order valence-electron chi connectivity index (χ3n) is 4.84. The van der Waals surface area contributed by atoms with Crippen LogP contribution in [0.3, 0.4) is 0 Å². The van der Waals surface area contributed by atoms with Gasteiger partial charge in [0.25, 0.3) is 0 Å². The van der Waals surface area contributed by atoms with E-state index in [1.54, 1.807) is 6.20 Å². The molecule has 142 valence electrons. The highest BCUT2D eigenvalue weighted by Crippen LogP contribution is 2.17. The maximum Gasteiger partial charge on any atom is 0.123 e. The zero-order chi connectivity index (χ0) is 19.2. The molecule has 0 saturated heterocycles. The van der Waals surface area contributed by atoms with Crippen molar-refractivity contribution in [2.45, 2.75) is 26.1 Å². The zero-order valence-corrected chi connectivity index (χ0v) is 15.7. The van der Waals surface area contributed by atoms with Crippen LogP contribution in [-0.2, 0) is 19.6 Å². The average Bonchev–Trinajstić information content (AvgIpc) is 3.23. The lowest BCUT2D eigenvalue weighted by Gasteiger charge is -2.23. The third kappa shape index (κ3) is 4.81.